The average molecular weight is 295 g/mol. The van der Waals surface area contributed by atoms with Crippen molar-refractivity contribution in [2.75, 3.05) is 11.9 Å². The molecule has 0 saturated carbocycles. The Bertz CT molecular complexity index is 684. The molecule has 0 radical (unpaired) electrons. The van der Waals surface area contributed by atoms with Crippen LogP contribution in [0, 0.1) is 13.8 Å². The van der Waals surface area contributed by atoms with Crippen LogP contribution in [0.3, 0.4) is 0 Å². The summed E-state index contributed by atoms with van der Waals surface area (Å²) in [4.78, 5) is 25.7. The predicted octanol–water partition coefficient (Wildman–Crippen LogP) is 0.801. The molecule has 0 fully saturated rings. The van der Waals surface area contributed by atoms with E-state index in [4.69, 9.17) is 0 Å². The number of hydrogen-bond donors (Lipinski definition) is 0. The number of amides is 1. The lowest BCUT2D eigenvalue weighted by atomic mass is 10.3. The normalized spacial score (nSPS) is 10.8. The summed E-state index contributed by atoms with van der Waals surface area (Å²) < 4.78 is 6.87. The monoisotopic (exact) mass is 295 g/mol. The summed E-state index contributed by atoms with van der Waals surface area (Å²) in [5, 5.41) is 5.93. The summed E-state index contributed by atoms with van der Waals surface area (Å²) in [6.07, 6.45) is 0. The van der Waals surface area contributed by atoms with Gasteiger partial charge in [0.25, 0.3) is 0 Å². The number of rotatable bonds is 4. The van der Waals surface area contributed by atoms with Crippen LogP contribution in [-0.2, 0) is 17.9 Å². The van der Waals surface area contributed by atoms with E-state index in [1.807, 2.05) is 19.2 Å². The number of anilines is 1. The molecule has 2 aromatic heterocycles. The van der Waals surface area contributed by atoms with E-state index in [0.29, 0.717) is 12.4 Å². The van der Waals surface area contributed by atoms with Crippen LogP contribution in [0.2, 0.25) is 0 Å². The molecule has 8 heteroatoms. The molecule has 2 rings (SSSR count). The third kappa shape index (κ3) is 2.51. The molecule has 0 N–H and O–H groups in total. The van der Waals surface area contributed by atoms with Crippen molar-refractivity contribution in [1.82, 2.24) is 18.7 Å². The Morgan fingerprint density at radius 3 is 2.65 bits per heavy atom. The van der Waals surface area contributed by atoms with Crippen LogP contribution >= 0.6 is 11.5 Å². The SMILES string of the molecule is CCn1c(C)nn(CC(=O)N(C)c2csnc2C)c1=O. The van der Waals surface area contributed by atoms with Crippen molar-refractivity contribution in [1.29, 1.82) is 0 Å². The number of hydrogen-bond acceptors (Lipinski definition) is 5. The second-order valence-corrected chi connectivity index (χ2v) is 5.10. The first kappa shape index (κ1) is 14.4. The summed E-state index contributed by atoms with van der Waals surface area (Å²) >= 11 is 1.30. The molecule has 0 aromatic carbocycles. The van der Waals surface area contributed by atoms with Crippen LogP contribution in [0.25, 0.3) is 0 Å². The molecule has 0 aliphatic carbocycles. The number of aromatic nitrogens is 4. The van der Waals surface area contributed by atoms with Gasteiger partial charge in [-0.25, -0.2) is 9.48 Å². The summed E-state index contributed by atoms with van der Waals surface area (Å²) in [5.74, 6) is 0.414. The molecule has 0 aliphatic rings. The Kier molecular flexibility index (Phi) is 4.03. The average Bonchev–Trinajstić information content (AvgIpc) is 2.93. The maximum Gasteiger partial charge on any atom is 0.346 e. The zero-order valence-electron chi connectivity index (χ0n) is 12.0. The second kappa shape index (κ2) is 5.58. The fourth-order valence-electron chi connectivity index (χ4n) is 1.99. The molecular weight excluding hydrogens is 278 g/mol. The number of carbonyl (C=O) groups excluding carboxylic acids is 1. The minimum Gasteiger partial charge on any atom is -0.311 e. The van der Waals surface area contributed by atoms with Crippen LogP contribution in [0.4, 0.5) is 5.69 Å². The fourth-order valence-corrected chi connectivity index (χ4v) is 2.73. The van der Waals surface area contributed by atoms with E-state index in [9.17, 15) is 9.59 Å². The maximum atomic E-state index is 12.2. The van der Waals surface area contributed by atoms with Crippen molar-refractivity contribution in [3.8, 4) is 0 Å². The van der Waals surface area contributed by atoms with Gasteiger partial charge in [-0.15, -0.1) is 0 Å². The molecule has 7 nitrogen and oxygen atoms in total. The Labute approximate surface area is 120 Å². The van der Waals surface area contributed by atoms with Crippen molar-refractivity contribution in [3.63, 3.8) is 0 Å². The molecule has 2 aromatic rings. The third-order valence-corrected chi connectivity index (χ3v) is 3.88. The van der Waals surface area contributed by atoms with Crippen LogP contribution < -0.4 is 10.6 Å². The fraction of sp³-hybridized carbons (Fsp3) is 0.500. The lowest BCUT2D eigenvalue weighted by molar-refractivity contribution is -0.119. The van der Waals surface area contributed by atoms with Gasteiger partial charge in [0.1, 0.15) is 12.4 Å². The highest BCUT2D eigenvalue weighted by atomic mass is 32.1. The van der Waals surface area contributed by atoms with Crippen LogP contribution in [0.1, 0.15) is 18.4 Å². The molecular formula is C12H17N5O2S. The number of likely N-dealkylation sites (N-methyl/N-ethyl adjacent to an activating group) is 1. The van der Waals surface area contributed by atoms with E-state index in [1.165, 1.54) is 25.7 Å². The van der Waals surface area contributed by atoms with E-state index < -0.39 is 0 Å². The lowest BCUT2D eigenvalue weighted by Gasteiger charge is -2.15. The molecule has 0 spiro atoms. The largest absolute Gasteiger partial charge is 0.346 e. The Morgan fingerprint density at radius 2 is 2.15 bits per heavy atom. The van der Waals surface area contributed by atoms with Crippen LogP contribution in [0.15, 0.2) is 10.2 Å². The number of carbonyl (C=O) groups is 1. The van der Waals surface area contributed by atoms with Crippen LogP contribution in [0.5, 0.6) is 0 Å². The van der Waals surface area contributed by atoms with E-state index in [0.717, 1.165) is 11.4 Å². The zero-order valence-corrected chi connectivity index (χ0v) is 12.8. The standard InChI is InChI=1S/C12H17N5O2S/c1-5-16-9(3)13-17(12(16)19)6-11(18)15(4)10-7-20-14-8(10)2/h7H,5-6H2,1-4H3. The highest BCUT2D eigenvalue weighted by Crippen LogP contribution is 2.19. The van der Waals surface area contributed by atoms with Crippen molar-refractivity contribution < 1.29 is 4.79 Å². The molecule has 0 bridgehead atoms. The van der Waals surface area contributed by atoms with E-state index in [2.05, 4.69) is 9.47 Å². The topological polar surface area (TPSA) is 73.0 Å². The molecule has 2 heterocycles. The molecule has 0 atom stereocenters. The van der Waals surface area contributed by atoms with E-state index in [1.54, 1.807) is 14.0 Å². The van der Waals surface area contributed by atoms with Gasteiger partial charge in [0.2, 0.25) is 5.91 Å². The van der Waals surface area contributed by atoms with Gasteiger partial charge in [-0.05, 0) is 32.3 Å². The minimum absolute atomic E-state index is 0.0710. The molecule has 1 amide bonds. The highest BCUT2D eigenvalue weighted by molar-refractivity contribution is 7.04. The van der Waals surface area contributed by atoms with Gasteiger partial charge in [0.15, 0.2) is 0 Å². The van der Waals surface area contributed by atoms with Crippen molar-refractivity contribution in [2.45, 2.75) is 33.9 Å². The highest BCUT2D eigenvalue weighted by Gasteiger charge is 2.18. The Morgan fingerprint density at radius 1 is 1.45 bits per heavy atom. The van der Waals surface area contributed by atoms with Crippen LogP contribution in [-0.4, -0.2) is 31.7 Å². The van der Waals surface area contributed by atoms with Gasteiger partial charge in [0, 0.05) is 19.0 Å². The first-order valence-corrected chi connectivity index (χ1v) is 7.11. The van der Waals surface area contributed by atoms with Crippen molar-refractivity contribution in [3.05, 3.63) is 27.4 Å². The van der Waals surface area contributed by atoms with Gasteiger partial charge < -0.3 is 4.90 Å². The van der Waals surface area contributed by atoms with Gasteiger partial charge in [-0.1, -0.05) is 0 Å². The molecule has 0 unspecified atom stereocenters. The minimum atomic E-state index is -0.257. The quantitative estimate of drug-likeness (QED) is 0.836. The zero-order chi connectivity index (χ0) is 14.9. The summed E-state index contributed by atoms with van der Waals surface area (Å²) in [6.45, 7) is 5.94. The van der Waals surface area contributed by atoms with Crippen molar-refractivity contribution in [2.24, 2.45) is 0 Å². The van der Waals surface area contributed by atoms with Gasteiger partial charge in [-0.3, -0.25) is 9.36 Å². The molecule has 0 aliphatic heterocycles. The van der Waals surface area contributed by atoms with E-state index in [-0.39, 0.29) is 18.1 Å². The lowest BCUT2D eigenvalue weighted by Crippen LogP contribution is -2.35. The number of aryl methyl sites for hydroxylation is 2. The summed E-state index contributed by atoms with van der Waals surface area (Å²) in [7, 11) is 1.67. The summed E-state index contributed by atoms with van der Waals surface area (Å²) in [5.41, 5.74) is 1.31. The first-order chi connectivity index (χ1) is 9.45. The third-order valence-electron chi connectivity index (χ3n) is 3.17. The number of nitrogens with zero attached hydrogens (tertiary/aromatic N) is 5. The van der Waals surface area contributed by atoms with Gasteiger partial charge >= 0.3 is 5.69 Å². The molecule has 20 heavy (non-hydrogen) atoms. The summed E-state index contributed by atoms with van der Waals surface area (Å²) in [6, 6.07) is 0. The smallest absolute Gasteiger partial charge is 0.311 e. The van der Waals surface area contributed by atoms with Gasteiger partial charge in [-0.2, -0.15) is 9.47 Å². The van der Waals surface area contributed by atoms with Gasteiger partial charge in [0.05, 0.1) is 11.4 Å². The van der Waals surface area contributed by atoms with E-state index >= 15 is 0 Å². The second-order valence-electron chi connectivity index (χ2n) is 4.47. The molecule has 0 saturated heterocycles. The first-order valence-electron chi connectivity index (χ1n) is 6.27. The maximum absolute atomic E-state index is 12.2. The molecule has 108 valence electrons. The predicted molar refractivity (Wildman–Crippen MR) is 77.2 cm³/mol. The Balaban J connectivity index is 2.20. The Hall–Kier alpha value is -1.96. The van der Waals surface area contributed by atoms with Crippen molar-refractivity contribution >= 4 is 23.1 Å².